The Morgan fingerprint density at radius 2 is 2.19 bits per heavy atom. The van der Waals surface area contributed by atoms with Gasteiger partial charge in [-0.3, -0.25) is 4.79 Å². The van der Waals surface area contributed by atoms with Crippen LogP contribution < -0.4 is 4.74 Å². The summed E-state index contributed by atoms with van der Waals surface area (Å²) in [5.74, 6) is 0.543. The first-order valence-electron chi connectivity index (χ1n) is 5.19. The monoisotopic (exact) mass is 223 g/mol. The second-order valence-electron chi connectivity index (χ2n) is 3.84. The third-order valence-corrected chi connectivity index (χ3v) is 2.15. The maximum atomic E-state index is 10.5. The minimum atomic E-state index is -0.0416. The molecule has 0 heterocycles. The van der Waals surface area contributed by atoms with E-state index in [1.165, 1.54) is 6.07 Å². The van der Waals surface area contributed by atoms with Gasteiger partial charge in [-0.2, -0.15) is 0 Å². The van der Waals surface area contributed by atoms with Crippen LogP contribution in [-0.2, 0) is 0 Å². The highest BCUT2D eigenvalue weighted by atomic mass is 16.5. The smallest absolute Gasteiger partial charge is 0.153 e. The number of aromatic hydroxyl groups is 1. The number of phenolic OH excluding ortho intramolecular Hbond substituents is 1. The predicted molar refractivity (Wildman–Crippen MR) is 62.2 cm³/mol. The molecule has 4 nitrogen and oxygen atoms in total. The molecule has 0 radical (unpaired) electrons. The Balaban J connectivity index is 2.43. The van der Waals surface area contributed by atoms with E-state index in [9.17, 15) is 9.90 Å². The molecular formula is C12H17NO3. The topological polar surface area (TPSA) is 49.8 Å². The van der Waals surface area contributed by atoms with Gasteiger partial charge in [-0.25, -0.2) is 0 Å². The number of ether oxygens (including phenoxy) is 1. The van der Waals surface area contributed by atoms with Crippen molar-refractivity contribution in [3.05, 3.63) is 23.8 Å². The predicted octanol–water partition coefficient (Wildman–Crippen LogP) is 1.54. The van der Waals surface area contributed by atoms with Crippen LogP contribution in [0, 0.1) is 0 Å². The summed E-state index contributed by atoms with van der Waals surface area (Å²) < 4.78 is 5.43. The van der Waals surface area contributed by atoms with Crippen LogP contribution in [0.1, 0.15) is 16.8 Å². The molecule has 0 aliphatic carbocycles. The molecule has 0 bridgehead atoms. The summed E-state index contributed by atoms with van der Waals surface area (Å²) in [5, 5.41) is 9.42. The lowest BCUT2D eigenvalue weighted by atomic mass is 10.2. The number of hydrogen-bond donors (Lipinski definition) is 1. The molecular weight excluding hydrogens is 206 g/mol. The van der Waals surface area contributed by atoms with Crippen molar-refractivity contribution in [2.24, 2.45) is 0 Å². The van der Waals surface area contributed by atoms with Crippen LogP contribution in [0.5, 0.6) is 11.5 Å². The number of phenols is 1. The Bertz CT molecular complexity index is 350. The minimum Gasteiger partial charge on any atom is -0.507 e. The van der Waals surface area contributed by atoms with E-state index in [1.807, 2.05) is 14.1 Å². The van der Waals surface area contributed by atoms with Gasteiger partial charge in [0.1, 0.15) is 11.5 Å². The van der Waals surface area contributed by atoms with Gasteiger partial charge in [0.05, 0.1) is 12.2 Å². The summed E-state index contributed by atoms with van der Waals surface area (Å²) in [7, 11) is 4.01. The van der Waals surface area contributed by atoms with E-state index in [4.69, 9.17) is 4.74 Å². The van der Waals surface area contributed by atoms with Crippen molar-refractivity contribution in [2.45, 2.75) is 6.42 Å². The number of hydrogen-bond acceptors (Lipinski definition) is 4. The summed E-state index contributed by atoms with van der Waals surface area (Å²) in [6.07, 6.45) is 1.54. The molecule has 0 amide bonds. The van der Waals surface area contributed by atoms with Gasteiger partial charge < -0.3 is 14.7 Å². The third kappa shape index (κ3) is 3.90. The third-order valence-electron chi connectivity index (χ3n) is 2.15. The zero-order valence-corrected chi connectivity index (χ0v) is 9.64. The van der Waals surface area contributed by atoms with Crippen molar-refractivity contribution in [1.82, 2.24) is 4.90 Å². The second-order valence-corrected chi connectivity index (χ2v) is 3.84. The van der Waals surface area contributed by atoms with E-state index in [2.05, 4.69) is 4.90 Å². The molecule has 0 saturated heterocycles. The van der Waals surface area contributed by atoms with Crippen molar-refractivity contribution in [3.8, 4) is 11.5 Å². The number of aldehydes is 1. The lowest BCUT2D eigenvalue weighted by Gasteiger charge is -2.10. The van der Waals surface area contributed by atoms with E-state index >= 15 is 0 Å². The Kier molecular flexibility index (Phi) is 4.79. The Hall–Kier alpha value is -1.55. The molecule has 0 spiro atoms. The van der Waals surface area contributed by atoms with Crippen molar-refractivity contribution >= 4 is 6.29 Å². The Morgan fingerprint density at radius 1 is 1.44 bits per heavy atom. The zero-order valence-electron chi connectivity index (χ0n) is 9.64. The van der Waals surface area contributed by atoms with Crippen LogP contribution in [-0.4, -0.2) is 43.5 Å². The average Bonchev–Trinajstić information content (AvgIpc) is 2.24. The normalized spacial score (nSPS) is 10.4. The lowest BCUT2D eigenvalue weighted by molar-refractivity contribution is 0.112. The fraction of sp³-hybridized carbons (Fsp3) is 0.417. The first-order valence-corrected chi connectivity index (χ1v) is 5.19. The molecule has 1 N–H and O–H groups in total. The lowest BCUT2D eigenvalue weighted by Crippen LogP contribution is -2.15. The van der Waals surface area contributed by atoms with E-state index < -0.39 is 0 Å². The van der Waals surface area contributed by atoms with Gasteiger partial charge in [0, 0.05) is 12.6 Å². The van der Waals surface area contributed by atoms with Crippen LogP contribution in [0.2, 0.25) is 0 Å². The van der Waals surface area contributed by atoms with Crippen molar-refractivity contribution in [1.29, 1.82) is 0 Å². The fourth-order valence-electron chi connectivity index (χ4n) is 1.28. The highest BCUT2D eigenvalue weighted by Crippen LogP contribution is 2.22. The summed E-state index contributed by atoms with van der Waals surface area (Å²) in [4.78, 5) is 12.5. The van der Waals surface area contributed by atoms with Crippen molar-refractivity contribution < 1.29 is 14.6 Å². The van der Waals surface area contributed by atoms with Gasteiger partial charge in [-0.05, 0) is 32.6 Å². The molecule has 88 valence electrons. The summed E-state index contributed by atoms with van der Waals surface area (Å²) >= 11 is 0. The van der Waals surface area contributed by atoms with Crippen molar-refractivity contribution in [3.63, 3.8) is 0 Å². The number of carbonyl (C=O) groups excluding carboxylic acids is 1. The quantitative estimate of drug-likeness (QED) is 0.587. The van der Waals surface area contributed by atoms with Gasteiger partial charge in [0.15, 0.2) is 6.29 Å². The standard InChI is InChI=1S/C12H17NO3/c1-13(2)6-3-7-16-11-5-4-10(9-14)12(15)8-11/h4-5,8-9,15H,3,6-7H2,1-2H3. The summed E-state index contributed by atoms with van der Waals surface area (Å²) in [5.41, 5.74) is 0.278. The maximum absolute atomic E-state index is 10.5. The molecule has 0 aromatic heterocycles. The zero-order chi connectivity index (χ0) is 12.0. The van der Waals surface area contributed by atoms with Gasteiger partial charge in [-0.15, -0.1) is 0 Å². The van der Waals surface area contributed by atoms with Gasteiger partial charge in [0.25, 0.3) is 0 Å². The fourth-order valence-corrected chi connectivity index (χ4v) is 1.28. The molecule has 16 heavy (non-hydrogen) atoms. The largest absolute Gasteiger partial charge is 0.507 e. The first-order chi connectivity index (χ1) is 7.63. The maximum Gasteiger partial charge on any atom is 0.153 e. The molecule has 0 fully saturated rings. The number of nitrogens with zero attached hydrogens (tertiary/aromatic N) is 1. The van der Waals surface area contributed by atoms with E-state index in [-0.39, 0.29) is 11.3 Å². The number of benzene rings is 1. The molecule has 0 saturated carbocycles. The van der Waals surface area contributed by atoms with Crippen LogP contribution in [0.15, 0.2) is 18.2 Å². The molecule has 1 rings (SSSR count). The second kappa shape index (κ2) is 6.12. The van der Waals surface area contributed by atoms with Gasteiger partial charge in [0.2, 0.25) is 0 Å². The molecule has 1 aromatic carbocycles. The van der Waals surface area contributed by atoms with Crippen LogP contribution >= 0.6 is 0 Å². The molecule has 1 aromatic rings. The summed E-state index contributed by atoms with van der Waals surface area (Å²) in [6, 6.07) is 4.68. The molecule has 0 aliphatic heterocycles. The van der Waals surface area contributed by atoms with E-state index in [0.717, 1.165) is 13.0 Å². The molecule has 4 heteroatoms. The van der Waals surface area contributed by atoms with Crippen LogP contribution in [0.3, 0.4) is 0 Å². The molecule has 0 atom stereocenters. The first kappa shape index (κ1) is 12.5. The van der Waals surface area contributed by atoms with E-state index in [0.29, 0.717) is 18.6 Å². The van der Waals surface area contributed by atoms with Gasteiger partial charge in [-0.1, -0.05) is 0 Å². The molecule has 0 aliphatic rings. The Labute approximate surface area is 95.5 Å². The molecule has 0 unspecified atom stereocenters. The number of carbonyl (C=O) groups is 1. The van der Waals surface area contributed by atoms with Gasteiger partial charge >= 0.3 is 0 Å². The number of rotatable bonds is 6. The average molecular weight is 223 g/mol. The highest BCUT2D eigenvalue weighted by Gasteiger charge is 2.02. The van der Waals surface area contributed by atoms with Crippen LogP contribution in [0.25, 0.3) is 0 Å². The van der Waals surface area contributed by atoms with Crippen molar-refractivity contribution in [2.75, 3.05) is 27.2 Å². The SMILES string of the molecule is CN(C)CCCOc1ccc(C=O)c(O)c1. The summed E-state index contributed by atoms with van der Waals surface area (Å²) in [6.45, 7) is 1.55. The van der Waals surface area contributed by atoms with E-state index in [1.54, 1.807) is 12.1 Å². The Morgan fingerprint density at radius 3 is 2.75 bits per heavy atom. The highest BCUT2D eigenvalue weighted by molar-refractivity contribution is 5.79. The van der Waals surface area contributed by atoms with Crippen LogP contribution in [0.4, 0.5) is 0 Å². The minimum absolute atomic E-state index is 0.0416.